The highest BCUT2D eigenvalue weighted by Gasteiger charge is 2.42. The van der Waals surface area contributed by atoms with E-state index in [1.165, 1.54) is 6.08 Å². The van der Waals surface area contributed by atoms with Crippen molar-refractivity contribution in [2.75, 3.05) is 13.2 Å². The Kier molecular flexibility index (Phi) is 5.36. The van der Waals surface area contributed by atoms with Crippen molar-refractivity contribution in [3.63, 3.8) is 0 Å². The Labute approximate surface area is 98.3 Å². The lowest BCUT2D eigenvalue weighted by Crippen LogP contribution is -2.62. The van der Waals surface area contributed by atoms with Crippen molar-refractivity contribution in [3.8, 4) is 0 Å². The van der Waals surface area contributed by atoms with Gasteiger partial charge in [-0.2, -0.15) is 0 Å². The van der Waals surface area contributed by atoms with E-state index in [0.717, 1.165) is 0 Å². The highest BCUT2D eigenvalue weighted by Crippen LogP contribution is 2.21. The number of nitrogens with two attached hydrogens (primary N) is 1. The van der Waals surface area contributed by atoms with Crippen LogP contribution >= 0.6 is 0 Å². The number of aliphatic hydroxyl groups is 2. The maximum Gasteiger partial charge on any atom is 0.176 e. The van der Waals surface area contributed by atoms with Crippen LogP contribution in [0, 0.1) is 0 Å². The van der Waals surface area contributed by atoms with Crippen molar-refractivity contribution in [1.82, 2.24) is 0 Å². The Bertz CT molecular complexity index is 307. The number of nitrogens with zero attached hydrogens (tertiary/aromatic N) is 3. The molecule has 0 amide bonds. The van der Waals surface area contributed by atoms with Gasteiger partial charge in [-0.15, -0.1) is 6.58 Å². The first-order valence-corrected chi connectivity index (χ1v) is 5.12. The minimum atomic E-state index is -1.21. The van der Waals surface area contributed by atoms with Gasteiger partial charge in [-0.1, -0.05) is 11.2 Å². The summed E-state index contributed by atoms with van der Waals surface area (Å²) in [6.45, 7) is 3.57. The van der Waals surface area contributed by atoms with Crippen molar-refractivity contribution < 1.29 is 19.7 Å². The summed E-state index contributed by atoms with van der Waals surface area (Å²) in [6, 6.07) is -0.868. The molecule has 5 atom stereocenters. The van der Waals surface area contributed by atoms with Gasteiger partial charge >= 0.3 is 0 Å². The number of hydrogen-bond acceptors (Lipinski definition) is 6. The molecule has 0 aromatic carbocycles. The highest BCUT2D eigenvalue weighted by atomic mass is 16.7. The van der Waals surface area contributed by atoms with Crippen LogP contribution in [0.1, 0.15) is 0 Å². The smallest absolute Gasteiger partial charge is 0.176 e. The summed E-state index contributed by atoms with van der Waals surface area (Å²) in [4.78, 5) is 2.56. The van der Waals surface area contributed by atoms with Crippen molar-refractivity contribution in [3.05, 3.63) is 23.1 Å². The van der Waals surface area contributed by atoms with Crippen LogP contribution in [0.15, 0.2) is 17.8 Å². The predicted octanol–water partition coefficient (Wildman–Crippen LogP) is -0.727. The summed E-state index contributed by atoms with van der Waals surface area (Å²) < 4.78 is 10.5. The molecule has 4 N–H and O–H groups in total. The molecule has 1 aliphatic rings. The molecule has 0 radical (unpaired) electrons. The molecular formula is C9H16N4O4. The summed E-state index contributed by atoms with van der Waals surface area (Å²) in [5, 5.41) is 22.6. The Hall–Kier alpha value is -1.15. The normalized spacial score (nSPS) is 37.2. The van der Waals surface area contributed by atoms with Crippen LogP contribution in [0.2, 0.25) is 0 Å². The molecule has 0 spiro atoms. The fraction of sp³-hybridized carbons (Fsp3) is 0.778. The zero-order valence-corrected chi connectivity index (χ0v) is 9.22. The van der Waals surface area contributed by atoms with E-state index in [1.807, 2.05) is 0 Å². The topological polar surface area (TPSA) is 134 Å². The maximum atomic E-state index is 9.69. The van der Waals surface area contributed by atoms with E-state index in [2.05, 4.69) is 16.6 Å². The second-order valence-electron chi connectivity index (χ2n) is 3.64. The molecule has 17 heavy (non-hydrogen) atoms. The van der Waals surface area contributed by atoms with E-state index in [-0.39, 0.29) is 13.2 Å². The molecule has 0 unspecified atom stereocenters. The summed E-state index contributed by atoms with van der Waals surface area (Å²) in [5.41, 5.74) is 13.8. The highest BCUT2D eigenvalue weighted by molar-refractivity contribution is 4.92. The number of aliphatic hydroxyl groups excluding tert-OH is 2. The molecule has 1 heterocycles. The molecule has 1 saturated heterocycles. The van der Waals surface area contributed by atoms with Gasteiger partial charge in [-0.25, -0.2) is 0 Å². The minimum Gasteiger partial charge on any atom is -0.388 e. The van der Waals surface area contributed by atoms with E-state index in [4.69, 9.17) is 20.7 Å². The third kappa shape index (κ3) is 3.40. The minimum absolute atomic E-state index is 0.102. The van der Waals surface area contributed by atoms with Crippen LogP contribution in [0.3, 0.4) is 0 Å². The van der Waals surface area contributed by atoms with E-state index in [0.29, 0.717) is 0 Å². The molecule has 8 nitrogen and oxygen atoms in total. The zero-order chi connectivity index (χ0) is 12.8. The lowest BCUT2D eigenvalue weighted by molar-refractivity contribution is -0.253. The van der Waals surface area contributed by atoms with Gasteiger partial charge in [0, 0.05) is 4.91 Å². The van der Waals surface area contributed by atoms with Crippen LogP contribution in [0.25, 0.3) is 10.4 Å². The molecule has 0 bridgehead atoms. The first-order chi connectivity index (χ1) is 8.11. The predicted molar refractivity (Wildman–Crippen MR) is 58.8 cm³/mol. The molecule has 96 valence electrons. The van der Waals surface area contributed by atoms with E-state index >= 15 is 0 Å². The molecule has 0 aromatic rings. The SMILES string of the molecule is C=CCO[C@H]1O[C@H](CN=[N+]=[N-])[C@H](O)[C@H](O)[C@H]1N. The Morgan fingerprint density at radius 1 is 1.53 bits per heavy atom. The lowest BCUT2D eigenvalue weighted by atomic mass is 9.97. The first kappa shape index (κ1) is 13.9. The first-order valence-electron chi connectivity index (χ1n) is 5.12. The van der Waals surface area contributed by atoms with Gasteiger partial charge in [0.1, 0.15) is 12.2 Å². The molecule has 1 rings (SSSR count). The third-order valence-electron chi connectivity index (χ3n) is 2.45. The van der Waals surface area contributed by atoms with Crippen molar-refractivity contribution in [1.29, 1.82) is 0 Å². The quantitative estimate of drug-likeness (QED) is 0.254. The summed E-state index contributed by atoms with van der Waals surface area (Å²) in [6.07, 6.45) is -2.60. The zero-order valence-electron chi connectivity index (χ0n) is 9.22. The van der Waals surface area contributed by atoms with Crippen LogP contribution in [0.5, 0.6) is 0 Å². The van der Waals surface area contributed by atoms with E-state index < -0.39 is 30.6 Å². The maximum absolute atomic E-state index is 9.69. The van der Waals surface area contributed by atoms with E-state index in [1.54, 1.807) is 0 Å². The average molecular weight is 244 g/mol. The monoisotopic (exact) mass is 244 g/mol. The second-order valence-corrected chi connectivity index (χ2v) is 3.64. The van der Waals surface area contributed by atoms with Crippen molar-refractivity contribution >= 4 is 0 Å². The summed E-state index contributed by atoms with van der Waals surface area (Å²) >= 11 is 0. The fourth-order valence-corrected chi connectivity index (χ4v) is 1.53. The van der Waals surface area contributed by atoms with Crippen LogP contribution in [-0.2, 0) is 9.47 Å². The number of rotatable bonds is 5. The largest absolute Gasteiger partial charge is 0.388 e. The van der Waals surface area contributed by atoms with E-state index in [9.17, 15) is 10.2 Å². The average Bonchev–Trinajstić information content (AvgIpc) is 2.34. The lowest BCUT2D eigenvalue weighted by Gasteiger charge is -2.40. The Morgan fingerprint density at radius 2 is 2.24 bits per heavy atom. The van der Waals surface area contributed by atoms with Gasteiger partial charge in [-0.3, -0.25) is 0 Å². The molecular weight excluding hydrogens is 228 g/mol. The molecule has 1 fully saturated rings. The van der Waals surface area contributed by atoms with Gasteiger partial charge < -0.3 is 25.4 Å². The van der Waals surface area contributed by atoms with Crippen LogP contribution in [0.4, 0.5) is 0 Å². The van der Waals surface area contributed by atoms with Gasteiger partial charge in [0.2, 0.25) is 0 Å². The number of hydrogen-bond donors (Lipinski definition) is 3. The fourth-order valence-electron chi connectivity index (χ4n) is 1.53. The third-order valence-corrected chi connectivity index (χ3v) is 2.45. The van der Waals surface area contributed by atoms with Crippen LogP contribution in [-0.4, -0.2) is 54.0 Å². The van der Waals surface area contributed by atoms with Crippen molar-refractivity contribution in [2.24, 2.45) is 10.8 Å². The summed E-state index contributed by atoms with van der Waals surface area (Å²) in [7, 11) is 0. The van der Waals surface area contributed by atoms with Crippen LogP contribution < -0.4 is 5.73 Å². The van der Waals surface area contributed by atoms with Crippen molar-refractivity contribution in [2.45, 2.75) is 30.6 Å². The van der Waals surface area contributed by atoms with Gasteiger partial charge in [0.05, 0.1) is 25.3 Å². The molecule has 0 saturated carbocycles. The second kappa shape index (κ2) is 6.55. The number of ether oxygens (including phenoxy) is 2. The van der Waals surface area contributed by atoms with Gasteiger partial charge in [0.25, 0.3) is 0 Å². The molecule has 0 aromatic heterocycles. The summed E-state index contributed by atoms with van der Waals surface area (Å²) in [5.74, 6) is 0. The molecule has 8 heteroatoms. The Morgan fingerprint density at radius 3 is 2.82 bits per heavy atom. The molecule has 0 aliphatic carbocycles. The number of azide groups is 1. The van der Waals surface area contributed by atoms with Gasteiger partial charge in [-0.05, 0) is 5.53 Å². The standard InChI is InChI=1S/C9H16N4O4/c1-2-3-16-9-6(10)8(15)7(14)5(17-9)4-12-13-11/h2,5-9,14-15H,1,3-4,10H2/t5-,6-,7+,8-,9+/m1/s1. The Balaban J connectivity index is 2.67. The molecule has 1 aliphatic heterocycles. The van der Waals surface area contributed by atoms with Gasteiger partial charge in [0.15, 0.2) is 6.29 Å².